The molecule has 7 nitrogen and oxygen atoms in total. The first-order valence-corrected chi connectivity index (χ1v) is 10.7. The molecule has 2 aromatic rings. The minimum atomic E-state index is -3.68. The second-order valence-electron chi connectivity index (χ2n) is 7.06. The molecule has 8 heteroatoms. The molecule has 0 saturated heterocycles. The number of nitrogens with zero attached hydrogens (tertiary/aromatic N) is 1. The third kappa shape index (κ3) is 4.54. The molecule has 0 spiro atoms. The molecule has 1 heterocycles. The zero-order valence-corrected chi connectivity index (χ0v) is 17.2. The van der Waals surface area contributed by atoms with Gasteiger partial charge in [-0.2, -0.15) is 0 Å². The molecular weight excluding hydrogens is 392 g/mol. The maximum Gasteiger partial charge on any atom is 0.331 e. The van der Waals surface area contributed by atoms with Gasteiger partial charge in [-0.15, -0.1) is 0 Å². The van der Waals surface area contributed by atoms with Gasteiger partial charge in [-0.05, 0) is 30.5 Å². The Morgan fingerprint density at radius 2 is 1.69 bits per heavy atom. The highest BCUT2D eigenvalue weighted by Crippen LogP contribution is 2.22. The first kappa shape index (κ1) is 20.7. The van der Waals surface area contributed by atoms with Crippen molar-refractivity contribution in [3.8, 4) is 0 Å². The number of Topliss-reactive ketones (excluding diaryl/α,β-unsaturated/α-hetero) is 1. The molecule has 0 amide bonds. The predicted molar refractivity (Wildman–Crippen MR) is 109 cm³/mol. The lowest BCUT2D eigenvalue weighted by Crippen LogP contribution is -2.27. The highest BCUT2D eigenvalue weighted by Gasteiger charge is 2.31. The van der Waals surface area contributed by atoms with Crippen LogP contribution in [0, 0.1) is 0 Å². The molecule has 1 atom stereocenters. The summed E-state index contributed by atoms with van der Waals surface area (Å²) in [6.07, 6.45) is 0. The molecule has 0 aromatic heterocycles. The van der Waals surface area contributed by atoms with Crippen LogP contribution < -0.4 is 4.72 Å². The Morgan fingerprint density at radius 1 is 1.03 bits per heavy atom. The van der Waals surface area contributed by atoms with Gasteiger partial charge in [0.25, 0.3) is 10.0 Å². The minimum Gasteiger partial charge on any atom is -0.456 e. The molecule has 0 bridgehead atoms. The fourth-order valence-electron chi connectivity index (χ4n) is 2.87. The van der Waals surface area contributed by atoms with Crippen molar-refractivity contribution in [3.05, 3.63) is 65.2 Å². The van der Waals surface area contributed by atoms with Gasteiger partial charge in [-0.1, -0.05) is 50.2 Å². The summed E-state index contributed by atoms with van der Waals surface area (Å²) in [4.78, 5) is 28.7. The summed E-state index contributed by atoms with van der Waals surface area (Å²) in [5.41, 5.74) is 1.97. The fraction of sp³-hybridized carbons (Fsp3) is 0.286. The van der Waals surface area contributed by atoms with Crippen LogP contribution in [0.25, 0.3) is 0 Å². The van der Waals surface area contributed by atoms with Crippen molar-refractivity contribution < 1.29 is 22.7 Å². The molecule has 0 radical (unpaired) electrons. The number of rotatable bonds is 6. The summed E-state index contributed by atoms with van der Waals surface area (Å²) in [6.45, 7) is 5.19. The van der Waals surface area contributed by atoms with Crippen LogP contribution in [0.5, 0.6) is 0 Å². The van der Waals surface area contributed by atoms with Gasteiger partial charge >= 0.3 is 5.97 Å². The number of ketones is 1. The highest BCUT2D eigenvalue weighted by atomic mass is 32.2. The van der Waals surface area contributed by atoms with Crippen molar-refractivity contribution >= 4 is 27.6 Å². The number of carbonyl (C=O) groups excluding carboxylic acids is 2. The Hall–Kier alpha value is -3.00. The molecule has 2 aromatic carbocycles. The molecular formula is C21H22N2O5S. The maximum absolute atomic E-state index is 12.2. The number of carbonyl (C=O) groups is 2. The number of ether oxygens (including phenoxy) is 1. The number of benzene rings is 2. The molecule has 1 N–H and O–H groups in total. The molecule has 1 aliphatic rings. The lowest BCUT2D eigenvalue weighted by Gasteiger charge is -2.09. The van der Waals surface area contributed by atoms with E-state index in [0.717, 1.165) is 5.56 Å². The van der Waals surface area contributed by atoms with Crippen LogP contribution in [-0.4, -0.2) is 38.7 Å². The molecule has 0 unspecified atom stereocenters. The van der Waals surface area contributed by atoms with Crippen LogP contribution in [0.15, 0.2) is 58.4 Å². The van der Waals surface area contributed by atoms with Crippen LogP contribution in [0.3, 0.4) is 0 Å². The minimum absolute atomic E-state index is 0.0839. The van der Waals surface area contributed by atoms with Gasteiger partial charge in [0.1, 0.15) is 11.9 Å². The van der Waals surface area contributed by atoms with Crippen molar-refractivity contribution in [1.82, 2.24) is 4.72 Å². The average molecular weight is 414 g/mol. The van der Waals surface area contributed by atoms with Crippen molar-refractivity contribution in [2.45, 2.75) is 37.6 Å². The number of hydrogen-bond donors (Lipinski definition) is 1. The van der Waals surface area contributed by atoms with Gasteiger partial charge in [0.05, 0.1) is 4.90 Å². The predicted octanol–water partition coefficient (Wildman–Crippen LogP) is 2.66. The lowest BCUT2D eigenvalue weighted by atomic mass is 10.0. The summed E-state index contributed by atoms with van der Waals surface area (Å²) in [5, 5.41) is 0. The SMILES string of the molecule is CC(C)c1ccc(C(=O)COC(=O)[C@@H](C)N=C2NS(=O)(=O)c3ccccc32)cc1. The van der Waals surface area contributed by atoms with Crippen molar-refractivity contribution in [3.63, 3.8) is 0 Å². The topological polar surface area (TPSA) is 102 Å². The Labute approximate surface area is 169 Å². The zero-order chi connectivity index (χ0) is 21.2. The van der Waals surface area contributed by atoms with E-state index in [2.05, 4.69) is 23.6 Å². The van der Waals surface area contributed by atoms with Gasteiger partial charge in [-0.3, -0.25) is 14.5 Å². The number of hydrogen-bond acceptors (Lipinski definition) is 6. The van der Waals surface area contributed by atoms with E-state index >= 15 is 0 Å². The summed E-state index contributed by atoms with van der Waals surface area (Å²) in [7, 11) is -3.68. The van der Waals surface area contributed by atoms with Gasteiger partial charge < -0.3 is 4.74 Å². The molecule has 0 saturated carbocycles. The number of aliphatic imine (C=N–C) groups is 1. The third-order valence-corrected chi connectivity index (χ3v) is 5.97. The molecule has 3 rings (SSSR count). The monoisotopic (exact) mass is 414 g/mol. The number of sulfonamides is 1. The summed E-state index contributed by atoms with van der Waals surface area (Å²) in [5.74, 6) is -0.593. The van der Waals surface area contributed by atoms with E-state index in [9.17, 15) is 18.0 Å². The molecule has 152 valence electrons. The second kappa shape index (κ2) is 8.16. The van der Waals surface area contributed by atoms with E-state index < -0.39 is 28.6 Å². The van der Waals surface area contributed by atoms with Gasteiger partial charge in [0.15, 0.2) is 12.4 Å². The van der Waals surface area contributed by atoms with Crippen LogP contribution in [0.2, 0.25) is 0 Å². The number of nitrogens with one attached hydrogen (secondary N) is 1. The number of esters is 1. The largest absolute Gasteiger partial charge is 0.456 e. The fourth-order valence-corrected chi connectivity index (χ4v) is 4.11. The molecule has 0 fully saturated rings. The first-order valence-electron chi connectivity index (χ1n) is 9.19. The quantitative estimate of drug-likeness (QED) is 0.578. The van der Waals surface area contributed by atoms with Crippen molar-refractivity contribution in [2.75, 3.05) is 6.61 Å². The van der Waals surface area contributed by atoms with Gasteiger partial charge in [0, 0.05) is 11.1 Å². The van der Waals surface area contributed by atoms with Crippen LogP contribution in [0.1, 0.15) is 48.2 Å². The lowest BCUT2D eigenvalue weighted by molar-refractivity contribution is -0.143. The zero-order valence-electron chi connectivity index (χ0n) is 16.4. The number of amidine groups is 1. The molecule has 0 aliphatic carbocycles. The third-order valence-electron chi connectivity index (χ3n) is 4.57. The summed E-state index contributed by atoms with van der Waals surface area (Å²) >= 11 is 0. The van der Waals surface area contributed by atoms with Crippen LogP contribution >= 0.6 is 0 Å². The standard InChI is InChI=1S/C21H22N2O5S/c1-13(2)15-8-10-16(11-9-15)18(24)12-28-21(25)14(3)22-20-17-6-4-5-7-19(17)29(26,27)23-20/h4-11,13-14H,12H2,1-3H3,(H,22,23)/t14-/m1/s1. The van der Waals surface area contributed by atoms with Gasteiger partial charge in [0.2, 0.25) is 0 Å². The van der Waals surface area contributed by atoms with E-state index in [1.807, 2.05) is 12.1 Å². The Kier molecular flexibility index (Phi) is 5.83. The Bertz CT molecular complexity index is 1070. The number of fused-ring (bicyclic) bond motifs is 1. The summed E-state index contributed by atoms with van der Waals surface area (Å²) in [6, 6.07) is 12.5. The van der Waals surface area contributed by atoms with Crippen molar-refractivity contribution in [1.29, 1.82) is 0 Å². The normalized spacial score (nSPS) is 16.9. The smallest absolute Gasteiger partial charge is 0.331 e. The van der Waals surface area contributed by atoms with Crippen LogP contribution in [0.4, 0.5) is 0 Å². The molecule has 1 aliphatic heterocycles. The van der Waals surface area contributed by atoms with E-state index in [4.69, 9.17) is 4.74 Å². The highest BCUT2D eigenvalue weighted by molar-refractivity contribution is 7.90. The van der Waals surface area contributed by atoms with E-state index in [1.165, 1.54) is 13.0 Å². The first-order chi connectivity index (χ1) is 13.7. The maximum atomic E-state index is 12.2. The average Bonchev–Trinajstić information content (AvgIpc) is 2.96. The second-order valence-corrected chi connectivity index (χ2v) is 8.71. The molecule has 29 heavy (non-hydrogen) atoms. The van der Waals surface area contributed by atoms with Crippen molar-refractivity contribution in [2.24, 2.45) is 4.99 Å². The van der Waals surface area contributed by atoms with E-state index in [-0.39, 0.29) is 16.5 Å². The van der Waals surface area contributed by atoms with E-state index in [0.29, 0.717) is 17.0 Å². The van der Waals surface area contributed by atoms with Crippen LogP contribution in [-0.2, 0) is 19.6 Å². The summed E-state index contributed by atoms with van der Waals surface area (Å²) < 4.78 is 31.6. The van der Waals surface area contributed by atoms with Gasteiger partial charge in [-0.25, -0.2) is 13.2 Å². The van der Waals surface area contributed by atoms with E-state index in [1.54, 1.807) is 30.3 Å². The Balaban J connectivity index is 1.64. The Morgan fingerprint density at radius 3 is 2.34 bits per heavy atom.